The predicted octanol–water partition coefficient (Wildman–Crippen LogP) is 0.371. The SMILES string of the molecule is CC(C/C(N)=N/N)NC(=O)C(C)(C)C=O.CC(NC=O)C(=O)NC(C)C(C)C.CC(O)C(C)NC(=O)CNC=O.Cc1ccccc1F. The van der Waals surface area contributed by atoms with Crippen molar-refractivity contribution in [3.63, 3.8) is 0 Å². The highest BCUT2D eigenvalue weighted by Crippen LogP contribution is 2.11. The van der Waals surface area contributed by atoms with E-state index in [0.717, 1.165) is 0 Å². The Kier molecular flexibility index (Phi) is 26.4. The fraction of sp³-hybridized carbons (Fsp3) is 0.594. The predicted molar refractivity (Wildman–Crippen MR) is 183 cm³/mol. The quantitative estimate of drug-likeness (QED) is 0.0317. The lowest BCUT2D eigenvalue weighted by atomic mass is 9.94. The van der Waals surface area contributed by atoms with Gasteiger partial charge in [0.25, 0.3) is 0 Å². The highest BCUT2D eigenvalue weighted by molar-refractivity contribution is 5.96. The molecule has 48 heavy (non-hydrogen) atoms. The van der Waals surface area contributed by atoms with Crippen LogP contribution in [0.1, 0.15) is 74.3 Å². The van der Waals surface area contributed by atoms with E-state index in [4.69, 9.17) is 16.7 Å². The molecule has 274 valence electrons. The first-order valence-corrected chi connectivity index (χ1v) is 15.4. The summed E-state index contributed by atoms with van der Waals surface area (Å²) >= 11 is 0. The molecule has 15 nitrogen and oxygen atoms in total. The number of amides is 5. The molecule has 10 N–H and O–H groups in total. The van der Waals surface area contributed by atoms with Gasteiger partial charge in [0.2, 0.25) is 30.5 Å². The van der Waals surface area contributed by atoms with Crippen LogP contribution in [0, 0.1) is 24.1 Å². The number of aldehydes is 1. The van der Waals surface area contributed by atoms with Crippen LogP contribution < -0.4 is 38.2 Å². The second-order valence-corrected chi connectivity index (χ2v) is 11.9. The van der Waals surface area contributed by atoms with Crippen LogP contribution in [-0.2, 0) is 28.8 Å². The normalized spacial score (nSPS) is 13.7. The van der Waals surface area contributed by atoms with Gasteiger partial charge in [-0.2, -0.15) is 5.10 Å². The summed E-state index contributed by atoms with van der Waals surface area (Å²) in [6.45, 7) is 17.5. The number of carbonyl (C=O) groups is 6. The van der Waals surface area contributed by atoms with E-state index < -0.39 is 17.6 Å². The summed E-state index contributed by atoms with van der Waals surface area (Å²) in [7, 11) is 0. The minimum atomic E-state index is -1.02. The molecule has 1 rings (SSSR count). The van der Waals surface area contributed by atoms with Gasteiger partial charge in [-0.1, -0.05) is 32.0 Å². The van der Waals surface area contributed by atoms with Gasteiger partial charge >= 0.3 is 0 Å². The van der Waals surface area contributed by atoms with Gasteiger partial charge in [-0.15, -0.1) is 0 Å². The Hall–Kier alpha value is -4.60. The largest absolute Gasteiger partial charge is 0.391 e. The zero-order valence-electron chi connectivity index (χ0n) is 29.8. The minimum absolute atomic E-state index is 0.0550. The molecule has 1 aromatic rings. The van der Waals surface area contributed by atoms with E-state index >= 15 is 0 Å². The minimum Gasteiger partial charge on any atom is -0.391 e. The summed E-state index contributed by atoms with van der Waals surface area (Å²) < 4.78 is 12.3. The Labute approximate surface area is 283 Å². The van der Waals surface area contributed by atoms with Crippen molar-refractivity contribution in [1.82, 2.24) is 26.6 Å². The Balaban J connectivity index is -0.000000573. The maximum absolute atomic E-state index is 12.3. The molecule has 0 saturated carbocycles. The maximum atomic E-state index is 12.3. The lowest BCUT2D eigenvalue weighted by molar-refractivity contribution is -0.134. The Morgan fingerprint density at radius 1 is 0.938 bits per heavy atom. The first-order valence-electron chi connectivity index (χ1n) is 15.4. The number of aliphatic hydroxyl groups is 1. The molecule has 0 heterocycles. The number of nitrogens with two attached hydrogens (primary N) is 2. The number of nitrogens with zero attached hydrogens (tertiary/aromatic N) is 1. The van der Waals surface area contributed by atoms with E-state index in [1.165, 1.54) is 6.07 Å². The van der Waals surface area contributed by atoms with Crippen LogP contribution in [0.3, 0.4) is 0 Å². The van der Waals surface area contributed by atoms with Crippen molar-refractivity contribution in [2.24, 2.45) is 28.0 Å². The summed E-state index contributed by atoms with van der Waals surface area (Å²) in [6.07, 6.45) is 1.36. The molecule has 0 aromatic heterocycles. The van der Waals surface area contributed by atoms with E-state index in [1.807, 2.05) is 26.8 Å². The number of hydrogen-bond acceptors (Lipinski definition) is 9. The number of benzene rings is 1. The maximum Gasteiger partial charge on any atom is 0.242 e. The van der Waals surface area contributed by atoms with E-state index in [9.17, 15) is 33.2 Å². The van der Waals surface area contributed by atoms with Crippen LogP contribution >= 0.6 is 0 Å². The highest BCUT2D eigenvalue weighted by atomic mass is 19.1. The number of carbonyl (C=O) groups excluding carboxylic acids is 6. The Morgan fingerprint density at radius 3 is 1.90 bits per heavy atom. The number of halogens is 1. The molecule has 0 aliphatic carbocycles. The number of nitrogens with one attached hydrogen (secondary N) is 5. The Morgan fingerprint density at radius 2 is 1.50 bits per heavy atom. The van der Waals surface area contributed by atoms with Crippen LogP contribution in [-0.4, -0.2) is 84.6 Å². The molecule has 0 saturated heterocycles. The van der Waals surface area contributed by atoms with Crippen molar-refractivity contribution >= 4 is 42.7 Å². The fourth-order valence-corrected chi connectivity index (χ4v) is 2.69. The van der Waals surface area contributed by atoms with Gasteiger partial charge in [-0.25, -0.2) is 4.39 Å². The van der Waals surface area contributed by atoms with Gasteiger partial charge in [0, 0.05) is 18.5 Å². The van der Waals surface area contributed by atoms with Crippen molar-refractivity contribution in [1.29, 1.82) is 0 Å². The first-order chi connectivity index (χ1) is 22.2. The third-order valence-electron chi connectivity index (χ3n) is 6.55. The average molecular weight is 685 g/mol. The van der Waals surface area contributed by atoms with Gasteiger partial charge < -0.3 is 48.1 Å². The lowest BCUT2D eigenvalue weighted by Gasteiger charge is -2.20. The van der Waals surface area contributed by atoms with Gasteiger partial charge in [0.05, 0.1) is 24.1 Å². The average Bonchev–Trinajstić information content (AvgIpc) is 3.02. The zero-order valence-corrected chi connectivity index (χ0v) is 29.8. The molecule has 5 atom stereocenters. The molecular weight excluding hydrogens is 627 g/mol. The molecule has 0 radical (unpaired) electrons. The number of hydrazone groups is 1. The molecule has 0 fully saturated rings. The Bertz CT molecular complexity index is 1130. The zero-order chi connectivity index (χ0) is 38.0. The fourth-order valence-electron chi connectivity index (χ4n) is 2.69. The smallest absolute Gasteiger partial charge is 0.242 e. The first kappa shape index (κ1) is 47.8. The molecule has 0 aliphatic rings. The van der Waals surface area contributed by atoms with Crippen LogP contribution in [0.2, 0.25) is 0 Å². The van der Waals surface area contributed by atoms with Crippen molar-refractivity contribution in [2.75, 3.05) is 6.54 Å². The third kappa shape index (κ3) is 24.6. The van der Waals surface area contributed by atoms with Crippen LogP contribution in [0.25, 0.3) is 0 Å². The summed E-state index contributed by atoms with van der Waals surface area (Å²) in [6, 6.07) is 5.86. The van der Waals surface area contributed by atoms with Crippen molar-refractivity contribution in [2.45, 2.75) is 106 Å². The molecule has 0 bridgehead atoms. The molecule has 0 aliphatic heterocycles. The summed E-state index contributed by atoms with van der Waals surface area (Å²) in [5.74, 6) is 4.68. The van der Waals surface area contributed by atoms with E-state index in [2.05, 4.69) is 31.7 Å². The second-order valence-electron chi connectivity index (χ2n) is 11.9. The van der Waals surface area contributed by atoms with Gasteiger partial charge in [0.1, 0.15) is 24.0 Å². The molecule has 1 aromatic carbocycles. The van der Waals surface area contributed by atoms with Gasteiger partial charge in [0.15, 0.2) is 0 Å². The van der Waals surface area contributed by atoms with Crippen LogP contribution in [0.5, 0.6) is 0 Å². The molecule has 5 unspecified atom stereocenters. The molecular formula is C32H57FN8O7. The number of aliphatic hydroxyl groups excluding tert-OH is 1. The highest BCUT2D eigenvalue weighted by Gasteiger charge is 2.27. The third-order valence-corrected chi connectivity index (χ3v) is 6.55. The number of amidine groups is 1. The van der Waals surface area contributed by atoms with Crippen LogP contribution in [0.15, 0.2) is 29.4 Å². The van der Waals surface area contributed by atoms with Crippen molar-refractivity contribution < 1.29 is 38.3 Å². The second kappa shape index (κ2) is 26.5. The van der Waals surface area contributed by atoms with E-state index in [1.54, 1.807) is 60.6 Å². The van der Waals surface area contributed by atoms with Crippen LogP contribution in [0.4, 0.5) is 4.39 Å². The topological polar surface area (TPSA) is 247 Å². The van der Waals surface area contributed by atoms with E-state index in [0.29, 0.717) is 37.0 Å². The van der Waals surface area contributed by atoms with Gasteiger partial charge in [-0.05, 0) is 72.9 Å². The summed E-state index contributed by atoms with van der Waals surface area (Å²) in [5.41, 5.74) is 5.07. The number of rotatable bonds is 15. The lowest BCUT2D eigenvalue weighted by Crippen LogP contribution is -2.46. The van der Waals surface area contributed by atoms with Gasteiger partial charge in [-0.3, -0.25) is 24.0 Å². The standard InChI is InChI=1S/C9H18N4O2.C9H18N2O2.C7H7F.C7H14N2O3/c1-6(4-7(10)13-11)12-8(15)9(2,3)5-14;1-6(2)7(3)11-9(13)8(4)10-5-12;1-6-4-2-3-5-7(6)8;1-5(6(2)11)9-7(12)3-8-4-10/h5-6H,4,11H2,1-3H3,(H2,10,13)(H,12,15);5-8H,1-4H3,(H,10,12)(H,11,13);2-5H,1H3;4-6,11H,3H2,1-2H3,(H,8,10)(H,9,12). The number of hydrogen-bond donors (Lipinski definition) is 8. The molecule has 5 amide bonds. The summed E-state index contributed by atoms with van der Waals surface area (Å²) in [4.78, 5) is 64.1. The monoisotopic (exact) mass is 684 g/mol. The van der Waals surface area contributed by atoms with Crippen molar-refractivity contribution in [3.05, 3.63) is 35.6 Å². The number of aryl methyl sites for hydroxylation is 1. The van der Waals surface area contributed by atoms with Crippen molar-refractivity contribution in [3.8, 4) is 0 Å². The summed E-state index contributed by atoms with van der Waals surface area (Å²) in [5, 5.41) is 24.9. The molecule has 16 heteroatoms. The van der Waals surface area contributed by atoms with E-state index in [-0.39, 0.29) is 54.0 Å². The molecule has 0 spiro atoms.